The Hall–Kier alpha value is -7.14. The van der Waals surface area contributed by atoms with Gasteiger partial charge in [-0.3, -0.25) is 19.2 Å². The first-order valence-corrected chi connectivity index (χ1v) is 19.9. The summed E-state index contributed by atoms with van der Waals surface area (Å²) in [7, 11) is 0. The van der Waals surface area contributed by atoms with Gasteiger partial charge in [-0.25, -0.2) is 9.59 Å². The average Bonchev–Trinajstić information content (AvgIpc) is 3.92. The number of nitrogens with two attached hydrogens (primary N) is 2. The Morgan fingerprint density at radius 1 is 0.583 bits per heavy atom. The minimum Gasteiger partial charge on any atom is -0.450 e. The first-order chi connectivity index (χ1) is 29.0. The van der Waals surface area contributed by atoms with Crippen LogP contribution in [0.1, 0.15) is 85.0 Å². The quantitative estimate of drug-likeness (QED) is 0.148. The molecule has 2 fully saturated rings. The number of nitrogens with one attached hydrogen (secondary N) is 2. The molecule has 0 spiro atoms. The minimum atomic E-state index is -1.47. The summed E-state index contributed by atoms with van der Waals surface area (Å²) in [6, 6.07) is 29.1. The lowest BCUT2D eigenvalue weighted by Gasteiger charge is -2.38. The van der Waals surface area contributed by atoms with Gasteiger partial charge >= 0.3 is 12.2 Å². The Kier molecular flexibility index (Phi) is 13.2. The Morgan fingerprint density at radius 2 is 0.933 bits per heavy atom. The third kappa shape index (κ3) is 8.51. The molecule has 4 atom stereocenters. The summed E-state index contributed by atoms with van der Waals surface area (Å²) >= 11 is 0. The van der Waals surface area contributed by atoms with Crippen LogP contribution in [0.5, 0.6) is 0 Å². The Bertz CT molecular complexity index is 2120. The van der Waals surface area contributed by atoms with Gasteiger partial charge in [-0.1, -0.05) is 96.8 Å². The number of ether oxygens (including phenoxy) is 2. The van der Waals surface area contributed by atoms with Crippen molar-refractivity contribution in [3.8, 4) is 11.8 Å². The van der Waals surface area contributed by atoms with Gasteiger partial charge in [0.1, 0.15) is 23.2 Å². The van der Waals surface area contributed by atoms with E-state index in [1.54, 1.807) is 123 Å². The molecule has 0 unspecified atom stereocenters. The number of likely N-dealkylation sites (tertiary alicyclic amines) is 2. The number of hydrogen-bond acceptors (Lipinski definition) is 8. The van der Waals surface area contributed by atoms with E-state index in [2.05, 4.69) is 22.5 Å². The van der Waals surface area contributed by atoms with Crippen molar-refractivity contribution < 1.29 is 38.2 Å². The largest absolute Gasteiger partial charge is 0.450 e. The molecule has 2 aliphatic rings. The lowest BCUT2D eigenvalue weighted by Crippen LogP contribution is -2.56. The number of alkyl carbamates (subject to hydrolysis) is 2. The van der Waals surface area contributed by atoms with Crippen molar-refractivity contribution in [1.29, 1.82) is 0 Å². The Labute approximate surface area is 348 Å². The smallest absolute Gasteiger partial charge is 0.408 e. The molecule has 2 aliphatic heterocycles. The molecule has 0 radical (unpaired) electrons. The monoisotopic (exact) mass is 812 g/mol. The van der Waals surface area contributed by atoms with Crippen molar-refractivity contribution in [1.82, 2.24) is 20.4 Å². The number of hydrogen-bond donors (Lipinski definition) is 4. The number of carbonyl (C=O) groups is 6. The van der Waals surface area contributed by atoms with E-state index in [0.717, 1.165) is 0 Å². The third-order valence-corrected chi connectivity index (χ3v) is 11.0. The molecule has 310 valence electrons. The maximum absolute atomic E-state index is 14.2. The Morgan fingerprint density at radius 3 is 1.25 bits per heavy atom. The van der Waals surface area contributed by atoms with Crippen LogP contribution in [0.15, 0.2) is 109 Å². The van der Waals surface area contributed by atoms with Crippen LogP contribution >= 0.6 is 0 Å². The van der Waals surface area contributed by atoms with Crippen LogP contribution in [-0.4, -0.2) is 71.9 Å². The summed E-state index contributed by atoms with van der Waals surface area (Å²) in [6.07, 6.45) is 0.0686. The highest BCUT2D eigenvalue weighted by Gasteiger charge is 2.53. The molecule has 6 rings (SSSR count). The van der Waals surface area contributed by atoms with Gasteiger partial charge in [0.05, 0.1) is 13.2 Å². The Balaban J connectivity index is 1.23. The van der Waals surface area contributed by atoms with Crippen molar-refractivity contribution in [2.24, 2.45) is 11.5 Å². The normalized spacial score (nSPS) is 19.2. The lowest BCUT2D eigenvalue weighted by atomic mass is 9.85. The van der Waals surface area contributed by atoms with Gasteiger partial charge in [-0.2, -0.15) is 0 Å². The van der Waals surface area contributed by atoms with Gasteiger partial charge in [0.25, 0.3) is 11.8 Å². The molecular weight excluding hydrogens is 765 g/mol. The molecule has 4 aromatic carbocycles. The fourth-order valence-corrected chi connectivity index (χ4v) is 8.19. The number of primary amides is 2. The van der Waals surface area contributed by atoms with Crippen molar-refractivity contribution in [2.75, 3.05) is 26.3 Å². The molecule has 6 N–H and O–H groups in total. The first kappa shape index (κ1) is 42.5. The summed E-state index contributed by atoms with van der Waals surface area (Å²) < 4.78 is 10.2. The van der Waals surface area contributed by atoms with Crippen LogP contribution in [0, 0.1) is 11.8 Å². The van der Waals surface area contributed by atoms with E-state index < -0.39 is 59.0 Å². The number of benzene rings is 4. The maximum Gasteiger partial charge on any atom is 0.408 e. The number of carbonyl (C=O) groups excluding carboxylic acids is 6. The fraction of sp³-hybridized carbons (Fsp3) is 0.304. The van der Waals surface area contributed by atoms with Crippen LogP contribution in [-0.2, 0) is 39.7 Å². The van der Waals surface area contributed by atoms with Gasteiger partial charge < -0.3 is 41.4 Å². The second-order valence-corrected chi connectivity index (χ2v) is 14.5. The van der Waals surface area contributed by atoms with Crippen molar-refractivity contribution in [3.63, 3.8) is 0 Å². The van der Waals surface area contributed by atoms with Crippen molar-refractivity contribution in [3.05, 3.63) is 143 Å². The highest BCUT2D eigenvalue weighted by atomic mass is 16.6. The van der Waals surface area contributed by atoms with Gasteiger partial charge in [0, 0.05) is 24.2 Å². The second-order valence-electron chi connectivity index (χ2n) is 14.5. The van der Waals surface area contributed by atoms with Crippen LogP contribution in [0.2, 0.25) is 0 Å². The molecule has 14 nitrogen and oxygen atoms in total. The van der Waals surface area contributed by atoms with E-state index in [9.17, 15) is 28.8 Å². The van der Waals surface area contributed by atoms with E-state index >= 15 is 0 Å². The topological polar surface area (TPSA) is 203 Å². The van der Waals surface area contributed by atoms with E-state index in [1.165, 1.54) is 9.80 Å². The average molecular weight is 813 g/mol. The van der Waals surface area contributed by atoms with Gasteiger partial charge in [0.2, 0.25) is 11.8 Å². The molecule has 0 saturated carbocycles. The number of nitrogens with zero attached hydrogens (tertiary/aromatic N) is 2. The van der Waals surface area contributed by atoms with Crippen molar-refractivity contribution >= 4 is 35.8 Å². The molecular formula is C46H48N6O8. The predicted molar refractivity (Wildman–Crippen MR) is 221 cm³/mol. The molecule has 6 amide bonds. The van der Waals surface area contributed by atoms with Gasteiger partial charge in [-0.15, -0.1) is 0 Å². The fourth-order valence-electron chi connectivity index (χ4n) is 8.19. The van der Waals surface area contributed by atoms with E-state index in [4.69, 9.17) is 20.9 Å². The zero-order chi connectivity index (χ0) is 42.9. The second kappa shape index (κ2) is 18.6. The zero-order valence-corrected chi connectivity index (χ0v) is 33.5. The molecule has 2 heterocycles. The number of rotatable bonds is 12. The molecule has 0 bridgehead atoms. The molecule has 60 heavy (non-hydrogen) atoms. The first-order valence-electron chi connectivity index (χ1n) is 19.9. The lowest BCUT2D eigenvalue weighted by molar-refractivity contribution is -0.145. The summed E-state index contributed by atoms with van der Waals surface area (Å²) in [6.45, 7) is 4.04. The standard InChI is InChI=1S/C46H48N6O8/c1-3-59-43(57)49-37(33-13-7-5-8-14-33)39(53)51-29-11-27-45(51,41(47)55)35-23-19-31(20-24-35)17-18-32-21-25-36(26-22-32)46(42(48)56)28-12-30-52(46)40(54)38(50-44(58)60-4-2)34-15-9-6-10-16-34/h5-10,13-16,19-26,37-38H,3-4,11-12,27-30H2,1-2H3,(H2,47,55)(H2,48,56)(H,49,57)(H,50,58)/t37-,38-,45+,46+/m1/s1. The van der Waals surface area contributed by atoms with E-state index in [1.807, 2.05) is 0 Å². The predicted octanol–water partition coefficient (Wildman–Crippen LogP) is 4.67. The highest BCUT2D eigenvalue weighted by molar-refractivity contribution is 5.96. The van der Waals surface area contributed by atoms with Crippen LogP contribution in [0.25, 0.3) is 0 Å². The summed E-state index contributed by atoms with van der Waals surface area (Å²) in [5, 5.41) is 5.31. The highest BCUT2D eigenvalue weighted by Crippen LogP contribution is 2.42. The maximum atomic E-state index is 14.2. The van der Waals surface area contributed by atoms with Crippen LogP contribution in [0.4, 0.5) is 9.59 Å². The molecule has 0 aliphatic carbocycles. The SMILES string of the molecule is CCOC(=O)N[C@@H](C(=O)N1CCC[C@@]1(C(N)=O)c1ccc(C#Cc2ccc([C@]3(C(N)=O)CCCN3C(=O)[C@H](NC(=O)OCC)c3ccccc3)cc2)cc1)c1ccccc1. The van der Waals surface area contributed by atoms with Crippen LogP contribution in [0.3, 0.4) is 0 Å². The van der Waals surface area contributed by atoms with Crippen molar-refractivity contribution in [2.45, 2.75) is 62.7 Å². The minimum absolute atomic E-state index is 0.114. The molecule has 4 aromatic rings. The third-order valence-electron chi connectivity index (χ3n) is 11.0. The summed E-state index contributed by atoms with van der Waals surface area (Å²) in [5.74, 6) is 3.86. The van der Waals surface area contributed by atoms with Crippen LogP contribution < -0.4 is 22.1 Å². The van der Waals surface area contributed by atoms with E-state index in [-0.39, 0.29) is 39.1 Å². The van der Waals surface area contributed by atoms with Gasteiger partial charge in [0.15, 0.2) is 0 Å². The summed E-state index contributed by atoms with van der Waals surface area (Å²) in [5.41, 5.74) is 12.6. The molecule has 2 saturated heterocycles. The van der Waals surface area contributed by atoms with Gasteiger partial charge in [-0.05, 0) is 86.1 Å². The molecule has 0 aromatic heterocycles. The summed E-state index contributed by atoms with van der Waals surface area (Å²) in [4.78, 5) is 83.1. The molecule has 14 heteroatoms. The number of amides is 6. The van der Waals surface area contributed by atoms with E-state index in [0.29, 0.717) is 46.2 Å². The zero-order valence-electron chi connectivity index (χ0n) is 33.5.